The summed E-state index contributed by atoms with van der Waals surface area (Å²) in [6.45, 7) is 0.682. The van der Waals surface area contributed by atoms with Crippen molar-refractivity contribution in [2.24, 2.45) is 5.14 Å². The number of likely N-dealkylation sites (tertiary alicyclic amines) is 1. The van der Waals surface area contributed by atoms with Gasteiger partial charge in [0.1, 0.15) is 4.21 Å². The van der Waals surface area contributed by atoms with Crippen LogP contribution in [0.2, 0.25) is 0 Å². The third-order valence-electron chi connectivity index (χ3n) is 3.77. The number of carbonyl (C=O) groups is 1. The SMILES string of the molecule is NS(=O)(=O)c1ccc(C(=O)N2CCCC2c2ccccc2)s1. The van der Waals surface area contributed by atoms with E-state index in [2.05, 4.69) is 0 Å². The van der Waals surface area contributed by atoms with Crippen LogP contribution in [0.3, 0.4) is 0 Å². The van der Waals surface area contributed by atoms with Crippen molar-refractivity contribution in [3.63, 3.8) is 0 Å². The van der Waals surface area contributed by atoms with Crippen LogP contribution in [0.5, 0.6) is 0 Å². The molecule has 2 heterocycles. The molecular formula is C15H16N2O3S2. The molecule has 1 aliphatic heterocycles. The van der Waals surface area contributed by atoms with E-state index in [0.717, 1.165) is 29.7 Å². The van der Waals surface area contributed by atoms with Gasteiger partial charge in [0.15, 0.2) is 0 Å². The summed E-state index contributed by atoms with van der Waals surface area (Å²) in [6, 6.07) is 12.9. The molecule has 1 amide bonds. The van der Waals surface area contributed by atoms with Gasteiger partial charge in [-0.3, -0.25) is 4.79 Å². The molecule has 1 aromatic heterocycles. The Hall–Kier alpha value is -1.70. The number of sulfonamides is 1. The van der Waals surface area contributed by atoms with E-state index in [4.69, 9.17) is 5.14 Å². The molecule has 1 saturated heterocycles. The molecule has 0 radical (unpaired) electrons. The zero-order chi connectivity index (χ0) is 15.7. The predicted molar refractivity (Wildman–Crippen MR) is 85.1 cm³/mol. The number of nitrogens with zero attached hydrogens (tertiary/aromatic N) is 1. The van der Waals surface area contributed by atoms with E-state index in [-0.39, 0.29) is 16.2 Å². The standard InChI is InChI=1S/C15H16N2O3S2/c16-22(19,20)14-9-8-13(21-14)15(18)17-10-4-7-12(17)11-5-2-1-3-6-11/h1-3,5-6,8-9,12H,4,7,10H2,(H2,16,19,20). The molecule has 116 valence electrons. The van der Waals surface area contributed by atoms with Gasteiger partial charge in [-0.2, -0.15) is 0 Å². The van der Waals surface area contributed by atoms with Crippen molar-refractivity contribution < 1.29 is 13.2 Å². The average molecular weight is 336 g/mol. The minimum atomic E-state index is -3.76. The summed E-state index contributed by atoms with van der Waals surface area (Å²) in [7, 11) is -3.76. The fourth-order valence-electron chi connectivity index (χ4n) is 2.76. The van der Waals surface area contributed by atoms with Crippen molar-refractivity contribution in [3.05, 3.63) is 52.9 Å². The van der Waals surface area contributed by atoms with Crippen molar-refractivity contribution >= 4 is 27.3 Å². The summed E-state index contributed by atoms with van der Waals surface area (Å²) in [4.78, 5) is 14.9. The summed E-state index contributed by atoms with van der Waals surface area (Å²) in [6.07, 6.45) is 1.86. The number of amides is 1. The van der Waals surface area contributed by atoms with Crippen LogP contribution in [0.25, 0.3) is 0 Å². The first kappa shape index (κ1) is 15.2. The molecule has 1 aliphatic rings. The topological polar surface area (TPSA) is 80.5 Å². The van der Waals surface area contributed by atoms with Gasteiger partial charge >= 0.3 is 0 Å². The molecule has 0 aliphatic carbocycles. The number of primary sulfonamides is 1. The highest BCUT2D eigenvalue weighted by atomic mass is 32.2. The number of thiophene rings is 1. The molecule has 1 fully saturated rings. The lowest BCUT2D eigenvalue weighted by Crippen LogP contribution is -2.29. The molecule has 2 N–H and O–H groups in total. The molecule has 5 nitrogen and oxygen atoms in total. The lowest BCUT2D eigenvalue weighted by Gasteiger charge is -2.24. The Kier molecular flexibility index (Phi) is 4.03. The molecule has 0 spiro atoms. The van der Waals surface area contributed by atoms with E-state index in [9.17, 15) is 13.2 Å². The highest BCUT2D eigenvalue weighted by molar-refractivity contribution is 7.91. The van der Waals surface area contributed by atoms with Crippen LogP contribution in [0.15, 0.2) is 46.7 Å². The summed E-state index contributed by atoms with van der Waals surface area (Å²) >= 11 is 0.928. The van der Waals surface area contributed by atoms with Crippen LogP contribution in [0.1, 0.15) is 34.1 Å². The van der Waals surface area contributed by atoms with E-state index >= 15 is 0 Å². The molecule has 2 aromatic rings. The van der Waals surface area contributed by atoms with E-state index < -0.39 is 10.0 Å². The Balaban J connectivity index is 1.87. The molecule has 1 unspecified atom stereocenters. The Morgan fingerprint density at radius 2 is 1.91 bits per heavy atom. The summed E-state index contributed by atoms with van der Waals surface area (Å²) in [5.41, 5.74) is 1.11. The fourth-order valence-corrected chi connectivity index (χ4v) is 4.45. The average Bonchev–Trinajstić information content (AvgIpc) is 3.16. The molecule has 1 atom stereocenters. The summed E-state index contributed by atoms with van der Waals surface area (Å²) in [5, 5.41) is 5.10. The molecule has 0 bridgehead atoms. The first-order valence-corrected chi connectivity index (χ1v) is 9.31. The number of carbonyl (C=O) groups excluding carboxylic acids is 1. The first-order valence-electron chi connectivity index (χ1n) is 6.95. The van der Waals surface area contributed by atoms with Crippen molar-refractivity contribution in [2.45, 2.75) is 23.1 Å². The molecule has 0 saturated carbocycles. The Morgan fingerprint density at radius 1 is 1.18 bits per heavy atom. The summed E-state index contributed by atoms with van der Waals surface area (Å²) in [5.74, 6) is -0.133. The summed E-state index contributed by atoms with van der Waals surface area (Å²) < 4.78 is 22.7. The minimum absolute atomic E-state index is 0.0197. The van der Waals surface area contributed by atoms with Crippen molar-refractivity contribution in [3.8, 4) is 0 Å². The van der Waals surface area contributed by atoms with Crippen molar-refractivity contribution in [2.75, 3.05) is 6.54 Å². The maximum atomic E-state index is 12.7. The second-order valence-corrected chi connectivity index (χ2v) is 8.10. The lowest BCUT2D eigenvalue weighted by molar-refractivity contribution is 0.0740. The van der Waals surface area contributed by atoms with Gasteiger partial charge in [-0.15, -0.1) is 11.3 Å². The third kappa shape index (κ3) is 2.92. The monoisotopic (exact) mass is 336 g/mol. The van der Waals surface area contributed by atoms with Crippen molar-refractivity contribution in [1.82, 2.24) is 4.90 Å². The fraction of sp³-hybridized carbons (Fsp3) is 0.267. The maximum Gasteiger partial charge on any atom is 0.264 e. The number of hydrogen-bond acceptors (Lipinski definition) is 4. The number of hydrogen-bond donors (Lipinski definition) is 1. The number of benzene rings is 1. The Labute approximate surface area is 133 Å². The smallest absolute Gasteiger partial charge is 0.264 e. The quantitative estimate of drug-likeness (QED) is 0.934. The van der Waals surface area contributed by atoms with Crippen LogP contribution in [0, 0.1) is 0 Å². The Morgan fingerprint density at radius 3 is 2.55 bits per heavy atom. The van der Waals surface area contributed by atoms with E-state index in [1.807, 2.05) is 35.2 Å². The normalized spacial score (nSPS) is 18.6. The van der Waals surface area contributed by atoms with E-state index in [1.54, 1.807) is 0 Å². The number of nitrogens with two attached hydrogens (primary N) is 1. The maximum absolute atomic E-state index is 12.7. The van der Waals surface area contributed by atoms with Gasteiger partial charge in [0.2, 0.25) is 10.0 Å². The molecule has 1 aromatic carbocycles. The van der Waals surface area contributed by atoms with Crippen LogP contribution in [-0.2, 0) is 10.0 Å². The van der Waals surface area contributed by atoms with E-state index in [1.165, 1.54) is 12.1 Å². The first-order chi connectivity index (χ1) is 10.5. The minimum Gasteiger partial charge on any atom is -0.331 e. The van der Waals surface area contributed by atoms with Gasteiger partial charge in [-0.1, -0.05) is 30.3 Å². The zero-order valence-corrected chi connectivity index (χ0v) is 13.4. The zero-order valence-electron chi connectivity index (χ0n) is 11.8. The third-order valence-corrected chi connectivity index (χ3v) is 6.28. The van der Waals surface area contributed by atoms with Gasteiger partial charge < -0.3 is 4.90 Å². The largest absolute Gasteiger partial charge is 0.331 e. The van der Waals surface area contributed by atoms with Crippen LogP contribution >= 0.6 is 11.3 Å². The van der Waals surface area contributed by atoms with Gasteiger partial charge in [0.05, 0.1) is 10.9 Å². The van der Waals surface area contributed by atoms with Gasteiger partial charge in [-0.25, -0.2) is 13.6 Å². The second kappa shape index (κ2) is 5.83. The van der Waals surface area contributed by atoms with Crippen LogP contribution < -0.4 is 5.14 Å². The molecule has 7 heteroatoms. The predicted octanol–water partition coefficient (Wildman–Crippen LogP) is 2.37. The van der Waals surface area contributed by atoms with Crippen LogP contribution in [0.4, 0.5) is 0 Å². The van der Waals surface area contributed by atoms with E-state index in [0.29, 0.717) is 11.4 Å². The Bertz CT molecular complexity index is 784. The van der Waals surface area contributed by atoms with Gasteiger partial charge in [0, 0.05) is 6.54 Å². The molecular weight excluding hydrogens is 320 g/mol. The highest BCUT2D eigenvalue weighted by Gasteiger charge is 2.31. The number of rotatable bonds is 3. The van der Waals surface area contributed by atoms with Gasteiger partial charge in [0.25, 0.3) is 5.91 Å². The molecule has 22 heavy (non-hydrogen) atoms. The van der Waals surface area contributed by atoms with Gasteiger partial charge in [-0.05, 0) is 30.5 Å². The lowest BCUT2D eigenvalue weighted by atomic mass is 10.0. The van der Waals surface area contributed by atoms with Crippen LogP contribution in [-0.4, -0.2) is 25.8 Å². The molecule has 3 rings (SSSR count). The van der Waals surface area contributed by atoms with Crippen molar-refractivity contribution in [1.29, 1.82) is 0 Å². The second-order valence-electron chi connectivity index (χ2n) is 5.23. The highest BCUT2D eigenvalue weighted by Crippen LogP contribution is 2.34.